The first-order valence-electron chi connectivity index (χ1n) is 9.82. The monoisotopic (exact) mass is 461 g/mol. The molecule has 2 heterocycles. The first-order chi connectivity index (χ1) is 15.9. The summed E-state index contributed by atoms with van der Waals surface area (Å²) in [5.74, 6) is -2.53. The van der Waals surface area contributed by atoms with Crippen LogP contribution < -0.4 is 10.6 Å². The third-order valence-corrected chi connectivity index (χ3v) is 5.98. The summed E-state index contributed by atoms with van der Waals surface area (Å²) in [5, 5.41) is 10.1. The smallest absolute Gasteiger partial charge is 0.355 e. The van der Waals surface area contributed by atoms with E-state index in [2.05, 4.69) is 14.8 Å². The molecule has 4 rings (SSSR count). The van der Waals surface area contributed by atoms with Gasteiger partial charge in [-0.1, -0.05) is 36.4 Å². The molecule has 0 saturated heterocycles. The number of esters is 2. The van der Waals surface area contributed by atoms with Gasteiger partial charge in [0.25, 0.3) is 0 Å². The predicted molar refractivity (Wildman–Crippen MR) is 122 cm³/mol. The predicted octanol–water partition coefficient (Wildman–Crippen LogP) is 2.90. The summed E-state index contributed by atoms with van der Waals surface area (Å²) >= 11 is 1.000. The van der Waals surface area contributed by atoms with E-state index in [1.807, 2.05) is 6.92 Å². The van der Waals surface area contributed by atoms with Gasteiger partial charge in [-0.2, -0.15) is 14.0 Å². The topological polar surface area (TPSA) is 131 Å². The molecule has 1 aliphatic heterocycles. The lowest BCUT2D eigenvalue weighted by Crippen LogP contribution is -2.41. The number of rotatable bonds is 4. The second-order valence-corrected chi connectivity index (χ2v) is 7.73. The van der Waals surface area contributed by atoms with Gasteiger partial charge in [0.05, 0.1) is 54.8 Å². The van der Waals surface area contributed by atoms with Crippen LogP contribution in [0.2, 0.25) is 0 Å². The highest BCUT2D eigenvalue weighted by molar-refractivity contribution is 7.00. The van der Waals surface area contributed by atoms with Crippen molar-refractivity contribution < 1.29 is 19.1 Å². The lowest BCUT2D eigenvalue weighted by Gasteiger charge is -2.36. The van der Waals surface area contributed by atoms with E-state index in [1.54, 1.807) is 42.5 Å². The highest BCUT2D eigenvalue weighted by Crippen LogP contribution is 2.45. The molecule has 33 heavy (non-hydrogen) atoms. The van der Waals surface area contributed by atoms with Gasteiger partial charge in [0.2, 0.25) is 0 Å². The Kier molecular flexibility index (Phi) is 5.81. The Hall–Kier alpha value is -4.23. The molecule has 0 aliphatic carbocycles. The molecule has 0 bridgehead atoms. The number of aryl methyl sites for hydroxylation is 1. The molecule has 1 unspecified atom stereocenters. The van der Waals surface area contributed by atoms with Crippen molar-refractivity contribution in [2.24, 2.45) is 5.73 Å². The van der Waals surface area contributed by atoms with E-state index in [0.29, 0.717) is 27.8 Å². The Bertz CT molecular complexity index is 1370. The van der Waals surface area contributed by atoms with Crippen molar-refractivity contribution in [2.45, 2.75) is 12.8 Å². The Morgan fingerprint density at radius 3 is 2.42 bits per heavy atom. The number of nitrogens with two attached hydrogens (primary N) is 1. The molecule has 0 spiro atoms. The summed E-state index contributed by atoms with van der Waals surface area (Å²) in [7, 11) is 2.41. The Labute approximate surface area is 193 Å². The molecule has 166 valence electrons. The maximum atomic E-state index is 13.2. The summed E-state index contributed by atoms with van der Waals surface area (Å²) in [4.78, 5) is 27.6. The fourth-order valence-electron chi connectivity index (χ4n) is 3.97. The van der Waals surface area contributed by atoms with Gasteiger partial charge in [0, 0.05) is 0 Å². The van der Waals surface area contributed by atoms with Gasteiger partial charge >= 0.3 is 11.9 Å². The Morgan fingerprint density at radius 2 is 1.79 bits per heavy atom. The lowest BCUT2D eigenvalue weighted by atomic mass is 9.80. The second-order valence-electron chi connectivity index (χ2n) is 7.20. The number of methoxy groups -OCH3 is 2. The average Bonchev–Trinajstić information content (AvgIpc) is 3.32. The third kappa shape index (κ3) is 3.48. The van der Waals surface area contributed by atoms with Crippen molar-refractivity contribution in [2.75, 3.05) is 19.1 Å². The molecule has 10 heteroatoms. The van der Waals surface area contributed by atoms with Gasteiger partial charge in [-0.3, -0.25) is 4.90 Å². The lowest BCUT2D eigenvalue weighted by molar-refractivity contribution is -0.139. The zero-order chi connectivity index (χ0) is 23.7. The number of benzene rings is 2. The van der Waals surface area contributed by atoms with Gasteiger partial charge in [0.15, 0.2) is 0 Å². The van der Waals surface area contributed by atoms with Crippen molar-refractivity contribution in [3.8, 4) is 6.07 Å². The number of hydrogen-bond acceptors (Lipinski definition) is 10. The number of fused-ring (bicyclic) bond motifs is 1. The van der Waals surface area contributed by atoms with Crippen molar-refractivity contribution in [1.82, 2.24) is 8.75 Å². The standard InChI is InChI=1S/C23H19N5O4S/c1-12-9-10-15-18(27-33-26-15)19(12)28-20(23(30)32-3)17(22(29)31-2)16(14(11-24)21(28)25)13-7-5-4-6-8-13/h4-10,16H,25H2,1-3H3. The molecule has 1 aliphatic rings. The maximum absolute atomic E-state index is 13.2. The van der Waals surface area contributed by atoms with Crippen molar-refractivity contribution in [1.29, 1.82) is 5.26 Å². The quantitative estimate of drug-likeness (QED) is 0.583. The molecule has 0 radical (unpaired) electrons. The van der Waals surface area contributed by atoms with Gasteiger partial charge in [-0.25, -0.2) is 9.59 Å². The Balaban J connectivity index is 2.14. The van der Waals surface area contributed by atoms with Crippen LogP contribution in [-0.2, 0) is 19.1 Å². The molecule has 1 aromatic heterocycles. The number of carbonyl (C=O) groups is 2. The van der Waals surface area contributed by atoms with Gasteiger partial charge < -0.3 is 15.2 Å². The molecule has 2 N–H and O–H groups in total. The molecule has 2 aromatic carbocycles. The van der Waals surface area contributed by atoms with E-state index < -0.39 is 17.9 Å². The first-order valence-corrected chi connectivity index (χ1v) is 10.5. The average molecular weight is 462 g/mol. The summed E-state index contributed by atoms with van der Waals surface area (Å²) in [6, 6.07) is 14.6. The number of nitrogens with zero attached hydrogens (tertiary/aromatic N) is 4. The summed E-state index contributed by atoms with van der Waals surface area (Å²) in [5.41, 5.74) is 9.25. The van der Waals surface area contributed by atoms with Crippen LogP contribution >= 0.6 is 11.7 Å². The second kappa shape index (κ2) is 8.72. The first kappa shape index (κ1) is 22.0. The van der Waals surface area contributed by atoms with E-state index in [9.17, 15) is 14.9 Å². The van der Waals surface area contributed by atoms with Gasteiger partial charge in [-0.05, 0) is 24.1 Å². The van der Waals surface area contributed by atoms with E-state index in [0.717, 1.165) is 11.7 Å². The zero-order valence-corrected chi connectivity index (χ0v) is 18.8. The minimum Gasteiger partial charge on any atom is -0.466 e. The number of hydrogen-bond donors (Lipinski definition) is 1. The highest BCUT2D eigenvalue weighted by Gasteiger charge is 2.43. The van der Waals surface area contributed by atoms with Crippen LogP contribution in [0.5, 0.6) is 0 Å². The van der Waals surface area contributed by atoms with Crippen LogP contribution in [0.3, 0.4) is 0 Å². The van der Waals surface area contributed by atoms with Crippen molar-refractivity contribution in [3.63, 3.8) is 0 Å². The molecule has 0 fully saturated rings. The Morgan fingerprint density at radius 1 is 1.09 bits per heavy atom. The fourth-order valence-corrected chi connectivity index (χ4v) is 4.50. The minimum atomic E-state index is -0.929. The SMILES string of the molecule is COC(=O)C1=C(C(=O)OC)N(c2c(C)ccc3nsnc23)C(N)=C(C#N)C1c1ccccc1. The van der Waals surface area contributed by atoms with Gasteiger partial charge in [0.1, 0.15) is 22.6 Å². The van der Waals surface area contributed by atoms with Crippen LogP contribution in [0.15, 0.2) is 65.1 Å². The van der Waals surface area contributed by atoms with Gasteiger partial charge in [-0.15, -0.1) is 0 Å². The fraction of sp³-hybridized carbons (Fsp3) is 0.174. The summed E-state index contributed by atoms with van der Waals surface area (Å²) in [6.45, 7) is 1.81. The van der Waals surface area contributed by atoms with E-state index in [4.69, 9.17) is 15.2 Å². The maximum Gasteiger partial charge on any atom is 0.355 e. The van der Waals surface area contributed by atoms with Crippen LogP contribution in [0.25, 0.3) is 11.0 Å². The number of anilines is 1. The number of carbonyl (C=O) groups excluding carboxylic acids is 2. The molecule has 0 amide bonds. The number of ether oxygens (including phenoxy) is 2. The van der Waals surface area contributed by atoms with E-state index in [1.165, 1.54) is 19.1 Å². The summed E-state index contributed by atoms with van der Waals surface area (Å²) in [6.07, 6.45) is 0. The number of aromatic nitrogens is 2. The number of nitriles is 1. The molecule has 0 saturated carbocycles. The van der Waals surface area contributed by atoms with Crippen molar-refractivity contribution in [3.05, 3.63) is 76.3 Å². The molecule has 1 atom stereocenters. The third-order valence-electron chi connectivity index (χ3n) is 5.44. The van der Waals surface area contributed by atoms with Crippen LogP contribution in [0, 0.1) is 18.3 Å². The normalized spacial score (nSPS) is 16.1. The minimum absolute atomic E-state index is 0.0111. The summed E-state index contributed by atoms with van der Waals surface area (Å²) < 4.78 is 18.7. The zero-order valence-electron chi connectivity index (χ0n) is 18.0. The molecular formula is C23H19N5O4S. The molecule has 3 aromatic rings. The largest absolute Gasteiger partial charge is 0.466 e. The molecule has 9 nitrogen and oxygen atoms in total. The molecular weight excluding hydrogens is 442 g/mol. The van der Waals surface area contributed by atoms with E-state index >= 15 is 0 Å². The van der Waals surface area contributed by atoms with Crippen LogP contribution in [-0.4, -0.2) is 34.9 Å². The number of allylic oxidation sites excluding steroid dienone is 1. The highest BCUT2D eigenvalue weighted by atomic mass is 32.1. The van der Waals surface area contributed by atoms with Crippen molar-refractivity contribution >= 4 is 40.4 Å². The van der Waals surface area contributed by atoms with Crippen LogP contribution in [0.4, 0.5) is 5.69 Å². The van der Waals surface area contributed by atoms with Crippen LogP contribution in [0.1, 0.15) is 17.0 Å². The van der Waals surface area contributed by atoms with E-state index in [-0.39, 0.29) is 22.7 Å².